The van der Waals surface area contributed by atoms with Crippen molar-refractivity contribution >= 4 is 28.4 Å². The maximum absolute atomic E-state index is 12.8. The van der Waals surface area contributed by atoms with Crippen LogP contribution in [0.25, 0.3) is 10.9 Å². The predicted octanol–water partition coefficient (Wildman–Crippen LogP) is 4.11. The summed E-state index contributed by atoms with van der Waals surface area (Å²) in [6, 6.07) is 11.4. The first kappa shape index (κ1) is 18.7. The van der Waals surface area contributed by atoms with Gasteiger partial charge in [0.15, 0.2) is 0 Å². The molecule has 2 amide bonds. The van der Waals surface area contributed by atoms with E-state index < -0.39 is 0 Å². The number of rotatable bonds is 4. The Balaban J connectivity index is 1.72. The molecule has 0 spiro atoms. The van der Waals surface area contributed by atoms with Crippen molar-refractivity contribution in [1.29, 1.82) is 0 Å². The molecule has 0 aliphatic carbocycles. The number of aryl methyl sites for hydroxylation is 3. The van der Waals surface area contributed by atoms with Crippen LogP contribution in [0.4, 0.5) is 5.69 Å². The third-order valence-corrected chi connectivity index (χ3v) is 5.16. The van der Waals surface area contributed by atoms with Gasteiger partial charge in [0.1, 0.15) is 0 Å². The molecule has 1 heterocycles. The average molecular weight is 363 g/mol. The minimum atomic E-state index is -0.214. The molecule has 0 bridgehead atoms. The maximum atomic E-state index is 12.8. The van der Waals surface area contributed by atoms with Gasteiger partial charge in [0, 0.05) is 34.9 Å². The van der Waals surface area contributed by atoms with Gasteiger partial charge in [-0.3, -0.25) is 9.59 Å². The highest BCUT2D eigenvalue weighted by atomic mass is 16.2. The van der Waals surface area contributed by atoms with Gasteiger partial charge in [-0.05, 0) is 68.7 Å². The summed E-state index contributed by atoms with van der Waals surface area (Å²) in [5, 5.41) is 3.93. The number of nitrogens with zero attached hydrogens (tertiary/aromatic N) is 1. The van der Waals surface area contributed by atoms with Crippen LogP contribution in [0.1, 0.15) is 32.7 Å². The van der Waals surface area contributed by atoms with Crippen molar-refractivity contribution in [2.45, 2.75) is 27.7 Å². The van der Waals surface area contributed by atoms with Crippen LogP contribution in [0, 0.1) is 27.7 Å². The van der Waals surface area contributed by atoms with E-state index in [1.54, 1.807) is 13.1 Å². The molecule has 0 unspecified atom stereocenters. The predicted molar refractivity (Wildman–Crippen MR) is 109 cm³/mol. The monoisotopic (exact) mass is 363 g/mol. The molecular weight excluding hydrogens is 338 g/mol. The van der Waals surface area contributed by atoms with Crippen LogP contribution in [0.15, 0.2) is 36.4 Å². The number of aromatic amines is 1. The molecule has 1 aromatic heterocycles. The summed E-state index contributed by atoms with van der Waals surface area (Å²) in [6.45, 7) is 8.01. The van der Waals surface area contributed by atoms with Gasteiger partial charge in [0.25, 0.3) is 5.91 Å². The maximum Gasteiger partial charge on any atom is 0.254 e. The molecule has 0 fully saturated rings. The van der Waals surface area contributed by atoms with Crippen molar-refractivity contribution in [2.24, 2.45) is 0 Å². The van der Waals surface area contributed by atoms with Gasteiger partial charge in [-0.1, -0.05) is 12.1 Å². The van der Waals surface area contributed by atoms with Crippen LogP contribution in [-0.2, 0) is 4.79 Å². The molecule has 5 heteroatoms. The molecule has 0 saturated heterocycles. The second kappa shape index (κ2) is 7.27. The van der Waals surface area contributed by atoms with Gasteiger partial charge in [-0.15, -0.1) is 0 Å². The second-order valence-electron chi connectivity index (χ2n) is 7.09. The first-order valence-electron chi connectivity index (χ1n) is 8.98. The normalized spacial score (nSPS) is 10.9. The number of hydrogen-bond acceptors (Lipinski definition) is 2. The molecule has 2 N–H and O–H groups in total. The number of carbonyl (C=O) groups excluding carboxylic acids is 2. The zero-order valence-corrected chi connectivity index (χ0v) is 16.4. The summed E-state index contributed by atoms with van der Waals surface area (Å²) < 4.78 is 0. The van der Waals surface area contributed by atoms with Gasteiger partial charge < -0.3 is 15.2 Å². The number of H-pyrrole nitrogens is 1. The summed E-state index contributed by atoms with van der Waals surface area (Å²) in [5.41, 5.74) is 6.74. The van der Waals surface area contributed by atoms with Gasteiger partial charge in [-0.25, -0.2) is 0 Å². The minimum absolute atomic E-state index is 0.00456. The molecule has 2 aromatic carbocycles. The van der Waals surface area contributed by atoms with Crippen LogP contribution in [0.3, 0.4) is 0 Å². The van der Waals surface area contributed by atoms with Crippen molar-refractivity contribution in [3.05, 3.63) is 64.3 Å². The molecule has 27 heavy (non-hydrogen) atoms. The second-order valence-corrected chi connectivity index (χ2v) is 7.09. The molecule has 5 nitrogen and oxygen atoms in total. The number of carbonyl (C=O) groups is 2. The number of anilines is 1. The van der Waals surface area contributed by atoms with Crippen molar-refractivity contribution in [1.82, 2.24) is 9.88 Å². The van der Waals surface area contributed by atoms with E-state index >= 15 is 0 Å². The largest absolute Gasteiger partial charge is 0.358 e. The van der Waals surface area contributed by atoms with Gasteiger partial charge >= 0.3 is 0 Å². The Labute approximate surface area is 159 Å². The zero-order valence-electron chi connectivity index (χ0n) is 16.4. The first-order valence-corrected chi connectivity index (χ1v) is 8.98. The number of aromatic nitrogens is 1. The molecular formula is C22H25N3O2. The fraction of sp³-hybridized carbons (Fsp3) is 0.273. The van der Waals surface area contributed by atoms with Gasteiger partial charge in [-0.2, -0.15) is 0 Å². The molecule has 3 aromatic rings. The summed E-state index contributed by atoms with van der Waals surface area (Å²) in [7, 11) is 1.64. The Kier molecular flexibility index (Phi) is 5.04. The van der Waals surface area contributed by atoms with E-state index in [9.17, 15) is 9.59 Å². The molecule has 0 saturated carbocycles. The Hall–Kier alpha value is -3.08. The molecule has 0 aliphatic rings. The topological polar surface area (TPSA) is 65.2 Å². The third-order valence-electron chi connectivity index (χ3n) is 5.16. The highest BCUT2D eigenvalue weighted by Gasteiger charge is 2.17. The summed E-state index contributed by atoms with van der Waals surface area (Å²) >= 11 is 0. The number of likely N-dealkylation sites (N-methyl/N-ethyl adjacent to an activating group) is 1. The molecule has 0 radical (unpaired) electrons. The number of benzene rings is 2. The lowest BCUT2D eigenvalue weighted by atomic mass is 10.1. The van der Waals surface area contributed by atoms with Crippen LogP contribution >= 0.6 is 0 Å². The fourth-order valence-electron chi connectivity index (χ4n) is 3.18. The summed E-state index contributed by atoms with van der Waals surface area (Å²) in [4.78, 5) is 29.9. The molecule has 3 rings (SSSR count). The van der Waals surface area contributed by atoms with Crippen LogP contribution in [-0.4, -0.2) is 35.3 Å². The minimum Gasteiger partial charge on any atom is -0.358 e. The van der Waals surface area contributed by atoms with Crippen molar-refractivity contribution in [3.63, 3.8) is 0 Å². The Bertz CT molecular complexity index is 1030. The van der Waals surface area contributed by atoms with E-state index in [1.807, 2.05) is 58.0 Å². The summed E-state index contributed by atoms with van der Waals surface area (Å²) in [6.07, 6.45) is 0. The fourth-order valence-corrected chi connectivity index (χ4v) is 3.18. The van der Waals surface area contributed by atoms with Crippen LogP contribution < -0.4 is 5.32 Å². The van der Waals surface area contributed by atoms with Crippen LogP contribution in [0.5, 0.6) is 0 Å². The van der Waals surface area contributed by atoms with E-state index in [1.165, 1.54) is 4.90 Å². The van der Waals surface area contributed by atoms with Crippen molar-refractivity contribution in [3.8, 4) is 0 Å². The lowest BCUT2D eigenvalue weighted by Crippen LogP contribution is -2.35. The number of amides is 2. The standard InChI is InChI=1S/C22H25N3O2/c1-13-7-6-8-19(14(13)2)24-21(26)12-25(5)22(27)17-9-10-20-18(11-17)15(3)16(4)23-20/h6-11,23H,12H2,1-5H3,(H,24,26). The van der Waals surface area contributed by atoms with Gasteiger partial charge in [0.2, 0.25) is 5.91 Å². The SMILES string of the molecule is Cc1cccc(NC(=O)CN(C)C(=O)c2ccc3[nH]c(C)c(C)c3c2)c1C. The van der Waals surface area contributed by atoms with Crippen molar-refractivity contribution in [2.75, 3.05) is 18.9 Å². The zero-order chi connectivity index (χ0) is 19.7. The Morgan fingerprint density at radius 3 is 2.52 bits per heavy atom. The van der Waals surface area contributed by atoms with E-state index in [4.69, 9.17) is 0 Å². The van der Waals surface area contributed by atoms with Gasteiger partial charge in [0.05, 0.1) is 6.54 Å². The lowest BCUT2D eigenvalue weighted by Gasteiger charge is -2.18. The average Bonchev–Trinajstić information content (AvgIpc) is 2.92. The number of hydrogen-bond donors (Lipinski definition) is 2. The van der Waals surface area contributed by atoms with E-state index in [0.717, 1.165) is 39.0 Å². The van der Waals surface area contributed by atoms with E-state index in [-0.39, 0.29) is 18.4 Å². The van der Waals surface area contributed by atoms with E-state index in [0.29, 0.717) is 5.56 Å². The molecule has 0 aliphatic heterocycles. The van der Waals surface area contributed by atoms with Crippen LogP contribution in [0.2, 0.25) is 0 Å². The molecule has 140 valence electrons. The Morgan fingerprint density at radius 1 is 1.04 bits per heavy atom. The number of fused-ring (bicyclic) bond motifs is 1. The van der Waals surface area contributed by atoms with E-state index in [2.05, 4.69) is 10.3 Å². The molecule has 0 atom stereocenters. The smallest absolute Gasteiger partial charge is 0.254 e. The van der Waals surface area contributed by atoms with Crippen molar-refractivity contribution < 1.29 is 9.59 Å². The lowest BCUT2D eigenvalue weighted by molar-refractivity contribution is -0.116. The third kappa shape index (κ3) is 3.72. The number of nitrogens with one attached hydrogen (secondary N) is 2. The highest BCUT2D eigenvalue weighted by Crippen LogP contribution is 2.23. The first-order chi connectivity index (χ1) is 12.8. The highest BCUT2D eigenvalue weighted by molar-refractivity contribution is 6.02. The Morgan fingerprint density at radius 2 is 1.78 bits per heavy atom. The quantitative estimate of drug-likeness (QED) is 0.732. The summed E-state index contributed by atoms with van der Waals surface area (Å²) in [5.74, 6) is -0.388.